The highest BCUT2D eigenvalue weighted by Gasteiger charge is 2.36. The molecule has 11 heteroatoms. The number of allylic oxidation sites excluding steroid dienone is 14. The van der Waals surface area contributed by atoms with Crippen molar-refractivity contribution >= 4 is 5.97 Å². The smallest absolute Gasteiger partial charge is 0.306 e. The number of carbonyl (C=O) groups is 1. The molecule has 0 radical (unpaired) electrons. The molecule has 4 heterocycles. The van der Waals surface area contributed by atoms with E-state index in [4.69, 9.17) is 43.0 Å². The summed E-state index contributed by atoms with van der Waals surface area (Å²) < 4.78 is 45.0. The average Bonchev–Trinajstić information content (AvgIpc) is 1.97. The number of cyclic esters (lactones) is 1. The topological polar surface area (TPSA) is 131 Å². The van der Waals surface area contributed by atoms with Gasteiger partial charge in [0.05, 0.1) is 38.4 Å². The normalized spacial score (nSPS) is 24.9. The van der Waals surface area contributed by atoms with Gasteiger partial charge in [0, 0.05) is 52.6 Å². The van der Waals surface area contributed by atoms with Gasteiger partial charge in [-0.1, -0.05) is 177 Å². The van der Waals surface area contributed by atoms with E-state index in [0.29, 0.717) is 37.4 Å². The molecule has 11 nitrogen and oxygen atoms in total. The molecule has 0 saturated carbocycles. The van der Waals surface area contributed by atoms with Gasteiger partial charge >= 0.3 is 5.97 Å². The Labute approximate surface area is 561 Å². The summed E-state index contributed by atoms with van der Waals surface area (Å²) in [4.78, 5) is 11.8. The van der Waals surface area contributed by atoms with Crippen LogP contribution in [0.15, 0.2) is 155 Å². The van der Waals surface area contributed by atoms with Crippen LogP contribution >= 0.6 is 0 Å². The van der Waals surface area contributed by atoms with Crippen molar-refractivity contribution in [3.8, 4) is 5.75 Å². The van der Waals surface area contributed by atoms with Crippen molar-refractivity contribution in [2.45, 2.75) is 280 Å². The predicted octanol–water partition coefficient (Wildman–Crippen LogP) is 20.6. The predicted molar refractivity (Wildman–Crippen MR) is 384 cm³/mol. The summed E-state index contributed by atoms with van der Waals surface area (Å²) in [6.07, 6.45) is 47.8. The van der Waals surface area contributed by atoms with Crippen LogP contribution in [0.3, 0.4) is 0 Å². The molecular weight excluding hydrogens is 1150 g/mol. The van der Waals surface area contributed by atoms with Gasteiger partial charge in [0.25, 0.3) is 0 Å². The summed E-state index contributed by atoms with van der Waals surface area (Å²) in [7, 11) is 5.13. The van der Waals surface area contributed by atoms with E-state index in [1.54, 1.807) is 21.3 Å². The molecule has 92 heavy (non-hydrogen) atoms. The number of aliphatic hydroxyl groups is 2. The molecule has 4 saturated heterocycles. The maximum absolute atomic E-state index is 11.8. The molecule has 0 bridgehead atoms. The molecule has 0 aromatic heterocycles. The minimum Gasteiger partial charge on any atom is -0.497 e. The monoisotopic (exact) mass is 1280 g/mol. The van der Waals surface area contributed by atoms with Crippen LogP contribution in [0.25, 0.3) is 0 Å². The van der Waals surface area contributed by atoms with Crippen molar-refractivity contribution in [1.29, 1.82) is 0 Å². The highest BCUT2D eigenvalue weighted by Crippen LogP contribution is 2.36. The van der Waals surface area contributed by atoms with E-state index in [1.165, 1.54) is 89.5 Å². The lowest BCUT2D eigenvalue weighted by atomic mass is 9.91. The summed E-state index contributed by atoms with van der Waals surface area (Å²) in [5.41, 5.74) is 12.0. The van der Waals surface area contributed by atoms with E-state index in [9.17, 15) is 9.90 Å². The first-order valence-electron chi connectivity index (χ1n) is 35.2. The number of aliphatic hydroxyl groups excluding tert-OH is 2. The largest absolute Gasteiger partial charge is 0.497 e. The van der Waals surface area contributed by atoms with Gasteiger partial charge in [-0.05, 0) is 206 Å². The molecule has 1 aromatic rings. The Hall–Kier alpha value is -4.69. The Kier molecular flexibility index (Phi) is 46.0. The summed E-state index contributed by atoms with van der Waals surface area (Å²) in [5.74, 6) is 2.54. The van der Waals surface area contributed by atoms with Gasteiger partial charge in [-0.15, -0.1) is 0 Å². The molecule has 11 atom stereocenters. The van der Waals surface area contributed by atoms with E-state index in [1.807, 2.05) is 48.6 Å². The van der Waals surface area contributed by atoms with Crippen LogP contribution in [0, 0.1) is 23.7 Å². The Morgan fingerprint density at radius 3 is 1.34 bits per heavy atom. The lowest BCUT2D eigenvalue weighted by molar-refractivity contribution is -0.140. The molecule has 0 spiro atoms. The van der Waals surface area contributed by atoms with Gasteiger partial charge in [0.2, 0.25) is 0 Å². The third-order valence-electron chi connectivity index (χ3n) is 17.8. The van der Waals surface area contributed by atoms with Gasteiger partial charge in [0.15, 0.2) is 18.9 Å². The van der Waals surface area contributed by atoms with Crippen LogP contribution in [0.5, 0.6) is 5.75 Å². The average molecular weight is 1280 g/mol. The Balaban J connectivity index is 0.000000423. The van der Waals surface area contributed by atoms with Crippen molar-refractivity contribution in [2.75, 3.05) is 34.5 Å². The van der Waals surface area contributed by atoms with Gasteiger partial charge < -0.3 is 48.1 Å². The van der Waals surface area contributed by atoms with E-state index < -0.39 is 6.29 Å². The van der Waals surface area contributed by atoms with E-state index in [2.05, 4.69) is 138 Å². The second-order valence-electron chi connectivity index (χ2n) is 26.3. The van der Waals surface area contributed by atoms with Crippen LogP contribution in [-0.2, 0) is 44.6 Å². The molecule has 3 unspecified atom stereocenters. The van der Waals surface area contributed by atoms with Crippen LogP contribution in [0.2, 0.25) is 0 Å². The Morgan fingerprint density at radius 2 is 0.924 bits per heavy atom. The maximum atomic E-state index is 11.8. The SMILES string of the molecule is C=C/C=C(\C)CC[C@H]1CC(=O)O[C@@H]1/C=C(\C)CCCOCc1ccc(OC)cc1.C=C/C=C(\C)CC[C@H]1CC(O)O[C@@H]1/C=C(\C)CCCC.C=C/C=C(\C)CC[C@H]1CC(OC)O[C@@H]1/C=C(\C)CCCC.CCCC/C(C)=C/[C@H]1OC(OC)C[C@@H]1CC/C(C)=C/CCO. The number of hydrogen-bond acceptors (Lipinski definition) is 11. The molecular formula is C81H130O11. The number of ether oxygens (including phenoxy) is 8. The zero-order valence-electron chi connectivity index (χ0n) is 60.3. The number of carbonyl (C=O) groups excluding carboxylic acids is 1. The van der Waals surface area contributed by atoms with E-state index in [-0.39, 0.29) is 55.5 Å². The highest BCUT2D eigenvalue weighted by atomic mass is 16.7. The van der Waals surface area contributed by atoms with Crippen molar-refractivity contribution in [3.05, 3.63) is 161 Å². The number of esters is 1. The lowest BCUT2D eigenvalue weighted by Crippen LogP contribution is -2.14. The van der Waals surface area contributed by atoms with Crippen molar-refractivity contribution in [3.63, 3.8) is 0 Å². The fourth-order valence-electron chi connectivity index (χ4n) is 12.0. The van der Waals surface area contributed by atoms with Crippen molar-refractivity contribution in [2.24, 2.45) is 23.7 Å². The maximum Gasteiger partial charge on any atom is 0.306 e. The molecule has 4 aliphatic heterocycles. The zero-order chi connectivity index (χ0) is 68.1. The van der Waals surface area contributed by atoms with E-state index in [0.717, 1.165) is 114 Å². The molecule has 0 aliphatic carbocycles. The van der Waals surface area contributed by atoms with Crippen molar-refractivity contribution in [1.82, 2.24) is 0 Å². The summed E-state index contributed by atoms with van der Waals surface area (Å²) >= 11 is 0. The third kappa shape index (κ3) is 36.8. The molecule has 1 aromatic carbocycles. The number of hydrogen-bond donors (Lipinski definition) is 2. The van der Waals surface area contributed by atoms with Crippen LogP contribution in [-0.4, -0.2) is 94.0 Å². The first-order chi connectivity index (χ1) is 44.3. The number of benzene rings is 1. The molecule has 520 valence electrons. The standard InChI is InChI=1S/C25H34O4.C19H34O3.C19H32O2.C18H30O2/c1-5-7-19(2)9-12-22-17-25(26)29-24(22)16-20(3)8-6-15-28-18-21-10-13-23(27-4)14-11-21;1-5-6-8-16(3)13-18-17(14-19(21-4)22-18)11-10-15(2)9-7-12-20;1-6-8-10-16(4)13-18-17(14-19(20-5)21-18)12-11-15(3)9-7-2;1-5-7-9-15(4)12-17-16(13-18(19)20-17)11-10-14(3)8-6-2/h5,7,10-11,13-14,16,22,24H,1,6,8-9,12,15,17-18H2,2-4H3;9,13,17-20H,5-8,10-12,14H2,1-4H3;7,9,13,17-19H,2,6,8,10-12,14H2,1,3-5H3;6,8,12,16-19H,2,5,7,9-11,13H2,1,3-4H3/b19-7+,20-16+;2*15-9+,16-13+;14-8+,15-12+/t22-,24+;2*17-,18+,19?;16-,17+,18?/m0000/s1. The summed E-state index contributed by atoms with van der Waals surface area (Å²) in [6.45, 7) is 36.7. The van der Waals surface area contributed by atoms with Crippen LogP contribution < -0.4 is 4.74 Å². The van der Waals surface area contributed by atoms with Crippen LogP contribution in [0.4, 0.5) is 0 Å². The number of unbranched alkanes of at least 4 members (excludes halogenated alkanes) is 3. The molecule has 0 amide bonds. The van der Waals surface area contributed by atoms with Crippen LogP contribution in [0.1, 0.15) is 236 Å². The molecule has 4 fully saturated rings. The number of methoxy groups -OCH3 is 3. The minimum atomic E-state index is -0.594. The Morgan fingerprint density at radius 1 is 0.522 bits per heavy atom. The van der Waals surface area contributed by atoms with E-state index >= 15 is 0 Å². The summed E-state index contributed by atoms with van der Waals surface area (Å²) in [5, 5.41) is 18.6. The fraction of sp³-hybridized carbons (Fsp3) is 0.642. The second kappa shape index (κ2) is 50.7. The quantitative estimate of drug-likeness (QED) is 0.0283. The second-order valence-corrected chi connectivity index (χ2v) is 26.3. The molecule has 5 rings (SSSR count). The number of rotatable bonds is 39. The van der Waals surface area contributed by atoms with Gasteiger partial charge in [0.1, 0.15) is 11.9 Å². The molecule has 4 aliphatic rings. The fourth-order valence-corrected chi connectivity index (χ4v) is 12.0. The summed E-state index contributed by atoms with van der Waals surface area (Å²) in [6, 6.07) is 7.92. The highest BCUT2D eigenvalue weighted by molar-refractivity contribution is 5.72. The molecule has 2 N–H and O–H groups in total. The zero-order valence-corrected chi connectivity index (χ0v) is 60.3. The Bertz CT molecular complexity index is 2450. The lowest BCUT2D eigenvalue weighted by Gasteiger charge is -2.16. The first kappa shape index (κ1) is 83.4. The van der Waals surface area contributed by atoms with Gasteiger partial charge in [-0.2, -0.15) is 0 Å². The minimum absolute atomic E-state index is 0.0427. The first-order valence-corrected chi connectivity index (χ1v) is 35.2. The van der Waals surface area contributed by atoms with Gasteiger partial charge in [-0.3, -0.25) is 4.79 Å². The third-order valence-corrected chi connectivity index (χ3v) is 17.8. The van der Waals surface area contributed by atoms with Gasteiger partial charge in [-0.25, -0.2) is 0 Å². The van der Waals surface area contributed by atoms with Crippen molar-refractivity contribution < 1.29 is 52.9 Å².